The Morgan fingerprint density at radius 3 is 2.21 bits per heavy atom. The van der Waals surface area contributed by atoms with Gasteiger partial charge in [0.25, 0.3) is 0 Å². The van der Waals surface area contributed by atoms with Crippen molar-refractivity contribution in [2.75, 3.05) is 6.61 Å². The standard InChI is InChI=1S/C35H56O7/c1-19(2)20-10-15-35(30(39)40)17-16-33(6)21(26(20)35)8-9-24-32(5)13-12-25(31(3,4)23(32)11-14-34(24,33)7)42-29-28(38)27(37)22(36)18-41-29/h20-29,36-38H,1,8-18H2,2-7H3,(H,39,40)/t20-,21+,22+,23-,24+,25-,26+,27-,28+,29-,32-,33+,34+,35-/m0/s1. The average molecular weight is 589 g/mol. The van der Waals surface area contributed by atoms with E-state index in [1.165, 1.54) is 5.57 Å². The van der Waals surface area contributed by atoms with Crippen LogP contribution in [-0.2, 0) is 14.3 Å². The smallest absolute Gasteiger partial charge is 0.309 e. The second kappa shape index (κ2) is 10.0. The Kier molecular flexibility index (Phi) is 7.39. The third-order valence-corrected chi connectivity index (χ3v) is 15.2. The number of aliphatic carboxylic acids is 1. The lowest BCUT2D eigenvalue weighted by molar-refractivity contribution is -0.311. The van der Waals surface area contributed by atoms with E-state index in [9.17, 15) is 25.2 Å². The second-order valence-electron chi connectivity index (χ2n) is 16.9. The zero-order chi connectivity index (χ0) is 30.6. The minimum atomic E-state index is -1.27. The largest absolute Gasteiger partial charge is 0.481 e. The Bertz CT molecular complexity index is 1100. The summed E-state index contributed by atoms with van der Waals surface area (Å²) in [7, 11) is 0. The minimum absolute atomic E-state index is 0.0479. The summed E-state index contributed by atoms with van der Waals surface area (Å²) in [5.41, 5.74) is 0.796. The van der Waals surface area contributed by atoms with Crippen molar-refractivity contribution in [3.63, 3.8) is 0 Å². The van der Waals surface area contributed by atoms with Gasteiger partial charge in [0.2, 0.25) is 0 Å². The number of hydrogen-bond donors (Lipinski definition) is 4. The highest BCUT2D eigenvalue weighted by Gasteiger charge is 2.72. The SMILES string of the molecule is C=C(C)[C@@H]1CC[C@]2(C(=O)O)CC[C@]3(C)[C@H](CC[C@@H]4[C@@]5(C)CC[C@H](O[C@@H]6OC[C@@H](O)[C@H](O)[C@H]6O)C(C)(C)[C@@H]5CC[C@]43C)[C@@H]12. The number of carbonyl (C=O) groups is 1. The Hall–Kier alpha value is -0.990. The van der Waals surface area contributed by atoms with Crippen LogP contribution in [0.5, 0.6) is 0 Å². The van der Waals surface area contributed by atoms with Crippen molar-refractivity contribution < 1.29 is 34.7 Å². The average Bonchev–Trinajstić information content (AvgIpc) is 3.32. The molecule has 5 saturated carbocycles. The summed E-state index contributed by atoms with van der Waals surface area (Å²) in [5, 5.41) is 41.3. The molecular formula is C35H56O7. The highest BCUT2D eigenvalue weighted by Crippen LogP contribution is 2.77. The molecule has 0 unspecified atom stereocenters. The first kappa shape index (κ1) is 31.0. The van der Waals surface area contributed by atoms with E-state index < -0.39 is 36.0 Å². The van der Waals surface area contributed by atoms with Crippen LogP contribution in [-0.4, -0.2) is 63.7 Å². The zero-order valence-corrected chi connectivity index (χ0v) is 26.8. The molecule has 0 amide bonds. The molecule has 42 heavy (non-hydrogen) atoms. The van der Waals surface area contributed by atoms with Gasteiger partial charge in [-0.1, -0.05) is 46.8 Å². The fraction of sp³-hybridized carbons (Fsp3) is 0.914. The Labute approximate surface area is 252 Å². The molecule has 0 radical (unpaired) electrons. The molecule has 14 atom stereocenters. The summed E-state index contributed by atoms with van der Waals surface area (Å²) in [5.74, 6) is 1.32. The predicted octanol–water partition coefficient (Wildman–Crippen LogP) is 5.55. The zero-order valence-electron chi connectivity index (χ0n) is 26.8. The number of carboxylic acid groups (broad SMARTS) is 1. The molecule has 7 heteroatoms. The fourth-order valence-electron chi connectivity index (χ4n) is 12.8. The third-order valence-electron chi connectivity index (χ3n) is 15.2. The number of hydrogen-bond acceptors (Lipinski definition) is 6. The van der Waals surface area contributed by atoms with Crippen molar-refractivity contribution >= 4 is 5.97 Å². The molecule has 5 aliphatic carbocycles. The van der Waals surface area contributed by atoms with Crippen molar-refractivity contribution in [2.24, 2.45) is 56.7 Å². The Balaban J connectivity index is 1.28. The van der Waals surface area contributed by atoms with Crippen LogP contribution < -0.4 is 0 Å². The summed E-state index contributed by atoms with van der Waals surface area (Å²) in [6, 6.07) is 0. The Morgan fingerprint density at radius 1 is 0.833 bits per heavy atom. The molecule has 1 saturated heterocycles. The van der Waals surface area contributed by atoms with E-state index in [0.29, 0.717) is 23.7 Å². The van der Waals surface area contributed by atoms with Gasteiger partial charge in [-0.05, 0) is 122 Å². The van der Waals surface area contributed by atoms with Crippen LogP contribution in [0.4, 0.5) is 0 Å². The summed E-state index contributed by atoms with van der Waals surface area (Å²) in [6.45, 7) is 18.7. The maximum Gasteiger partial charge on any atom is 0.309 e. The molecule has 7 nitrogen and oxygen atoms in total. The van der Waals surface area contributed by atoms with Crippen molar-refractivity contribution in [1.29, 1.82) is 0 Å². The molecule has 6 aliphatic rings. The Morgan fingerprint density at radius 2 is 1.55 bits per heavy atom. The van der Waals surface area contributed by atoms with Gasteiger partial charge in [0.1, 0.15) is 18.3 Å². The monoisotopic (exact) mass is 588 g/mol. The van der Waals surface area contributed by atoms with Crippen LogP contribution in [0.1, 0.15) is 106 Å². The first-order valence-electron chi connectivity index (χ1n) is 16.7. The van der Waals surface area contributed by atoms with Gasteiger partial charge >= 0.3 is 5.97 Å². The van der Waals surface area contributed by atoms with Gasteiger partial charge < -0.3 is 29.9 Å². The number of aliphatic hydroxyl groups is 3. The van der Waals surface area contributed by atoms with Gasteiger partial charge in [-0.15, -0.1) is 0 Å². The highest BCUT2D eigenvalue weighted by molar-refractivity contribution is 5.76. The van der Waals surface area contributed by atoms with E-state index in [1.807, 2.05) is 0 Å². The molecule has 4 N–H and O–H groups in total. The molecular weight excluding hydrogens is 532 g/mol. The van der Waals surface area contributed by atoms with Crippen molar-refractivity contribution in [3.8, 4) is 0 Å². The summed E-state index contributed by atoms with van der Waals surface area (Å²) >= 11 is 0. The minimum Gasteiger partial charge on any atom is -0.481 e. The van der Waals surface area contributed by atoms with E-state index in [2.05, 4.69) is 48.1 Å². The molecule has 0 spiro atoms. The highest BCUT2D eigenvalue weighted by atomic mass is 16.7. The maximum atomic E-state index is 12.9. The topological polar surface area (TPSA) is 116 Å². The van der Waals surface area contributed by atoms with Crippen molar-refractivity contribution in [1.82, 2.24) is 0 Å². The molecule has 0 bridgehead atoms. The number of fused-ring (bicyclic) bond motifs is 7. The van der Waals surface area contributed by atoms with Crippen LogP contribution in [0.15, 0.2) is 12.2 Å². The molecule has 6 fully saturated rings. The number of carboxylic acids is 1. The van der Waals surface area contributed by atoms with Crippen LogP contribution in [0.3, 0.4) is 0 Å². The molecule has 0 aromatic heterocycles. The molecule has 1 heterocycles. The normalized spacial score (nSPS) is 55.1. The summed E-state index contributed by atoms with van der Waals surface area (Å²) in [6.07, 6.45) is 5.23. The van der Waals surface area contributed by atoms with Gasteiger partial charge in [0.05, 0.1) is 18.1 Å². The molecule has 0 aromatic rings. The van der Waals surface area contributed by atoms with Crippen molar-refractivity contribution in [3.05, 3.63) is 12.2 Å². The predicted molar refractivity (Wildman–Crippen MR) is 159 cm³/mol. The van der Waals surface area contributed by atoms with Crippen LogP contribution in [0, 0.1) is 56.7 Å². The van der Waals surface area contributed by atoms with E-state index >= 15 is 0 Å². The second-order valence-corrected chi connectivity index (χ2v) is 16.9. The van der Waals surface area contributed by atoms with E-state index in [4.69, 9.17) is 9.47 Å². The van der Waals surface area contributed by atoms with Gasteiger partial charge in [0, 0.05) is 0 Å². The number of ether oxygens (including phenoxy) is 2. The quantitative estimate of drug-likeness (QED) is 0.251. The van der Waals surface area contributed by atoms with Gasteiger partial charge in [0.15, 0.2) is 6.29 Å². The van der Waals surface area contributed by atoms with Crippen LogP contribution in [0.25, 0.3) is 0 Å². The fourth-order valence-corrected chi connectivity index (χ4v) is 12.8. The maximum absolute atomic E-state index is 12.9. The summed E-state index contributed by atoms with van der Waals surface area (Å²) < 4.78 is 12.1. The third kappa shape index (κ3) is 3.98. The number of allylic oxidation sites excluding steroid dienone is 1. The van der Waals surface area contributed by atoms with E-state index in [0.717, 1.165) is 64.2 Å². The lowest BCUT2D eigenvalue weighted by Gasteiger charge is -2.73. The van der Waals surface area contributed by atoms with Crippen LogP contribution in [0.2, 0.25) is 0 Å². The lowest BCUT2D eigenvalue weighted by Crippen LogP contribution is -2.67. The van der Waals surface area contributed by atoms with Gasteiger partial charge in [-0.25, -0.2) is 0 Å². The first-order chi connectivity index (χ1) is 19.5. The van der Waals surface area contributed by atoms with E-state index in [-0.39, 0.29) is 40.3 Å². The summed E-state index contributed by atoms with van der Waals surface area (Å²) in [4.78, 5) is 12.9. The van der Waals surface area contributed by atoms with Gasteiger partial charge in [-0.3, -0.25) is 4.79 Å². The number of rotatable bonds is 4. The number of aliphatic hydroxyl groups excluding tert-OH is 3. The van der Waals surface area contributed by atoms with Crippen LogP contribution >= 0.6 is 0 Å². The lowest BCUT2D eigenvalue weighted by atomic mass is 9.32. The molecule has 238 valence electrons. The molecule has 6 rings (SSSR count). The molecule has 0 aromatic carbocycles. The van der Waals surface area contributed by atoms with Gasteiger partial charge in [-0.2, -0.15) is 0 Å². The molecule has 1 aliphatic heterocycles. The van der Waals surface area contributed by atoms with Crippen molar-refractivity contribution in [2.45, 2.75) is 136 Å². The first-order valence-corrected chi connectivity index (χ1v) is 16.7. The van der Waals surface area contributed by atoms with E-state index in [1.54, 1.807) is 0 Å².